The Labute approximate surface area is 149 Å². The monoisotopic (exact) mass is 366 g/mol. The topological polar surface area (TPSA) is 66.9 Å². The van der Waals surface area contributed by atoms with Crippen LogP contribution in [0.25, 0.3) is 0 Å². The van der Waals surface area contributed by atoms with E-state index in [9.17, 15) is 13.2 Å². The summed E-state index contributed by atoms with van der Waals surface area (Å²) < 4.78 is 32.7. The van der Waals surface area contributed by atoms with E-state index in [1.807, 2.05) is 19.1 Å². The fourth-order valence-electron chi connectivity index (χ4n) is 3.38. The maximum atomic E-state index is 12.9. The van der Waals surface area contributed by atoms with E-state index in [1.165, 1.54) is 4.31 Å². The SMILES string of the molecule is CCc1ccc(S(=O)(=O)N2CCCN(C(=O)C3CCCO3)CC2)cc1. The molecule has 7 heteroatoms. The molecule has 25 heavy (non-hydrogen) atoms. The zero-order valence-corrected chi connectivity index (χ0v) is 15.5. The Kier molecular flexibility index (Phi) is 5.76. The number of hydrogen-bond donors (Lipinski definition) is 0. The average Bonchev–Trinajstić information content (AvgIpc) is 3.05. The van der Waals surface area contributed by atoms with Crippen LogP contribution >= 0.6 is 0 Å². The Bertz CT molecular complexity index is 696. The van der Waals surface area contributed by atoms with Gasteiger partial charge in [0.2, 0.25) is 10.0 Å². The van der Waals surface area contributed by atoms with Gasteiger partial charge in [-0.05, 0) is 43.4 Å². The van der Waals surface area contributed by atoms with Crippen LogP contribution in [0, 0.1) is 0 Å². The summed E-state index contributed by atoms with van der Waals surface area (Å²) in [6, 6.07) is 7.07. The van der Waals surface area contributed by atoms with Crippen molar-refractivity contribution in [3.05, 3.63) is 29.8 Å². The molecule has 2 saturated heterocycles. The summed E-state index contributed by atoms with van der Waals surface area (Å²) in [5.74, 6) is 0.00375. The van der Waals surface area contributed by atoms with Crippen LogP contribution in [-0.4, -0.2) is 62.4 Å². The van der Waals surface area contributed by atoms with Gasteiger partial charge in [0.15, 0.2) is 0 Å². The lowest BCUT2D eigenvalue weighted by Gasteiger charge is -2.24. The van der Waals surface area contributed by atoms with E-state index in [0.29, 0.717) is 44.1 Å². The van der Waals surface area contributed by atoms with E-state index in [-0.39, 0.29) is 12.0 Å². The lowest BCUT2D eigenvalue weighted by Crippen LogP contribution is -2.41. The second kappa shape index (κ2) is 7.85. The maximum absolute atomic E-state index is 12.9. The summed E-state index contributed by atoms with van der Waals surface area (Å²) in [5, 5.41) is 0. The third-order valence-corrected chi connectivity index (χ3v) is 6.85. The van der Waals surface area contributed by atoms with Crippen LogP contribution < -0.4 is 0 Å². The molecule has 2 heterocycles. The molecule has 1 aromatic rings. The molecule has 0 bridgehead atoms. The number of amides is 1. The number of carbonyl (C=O) groups is 1. The second-order valence-corrected chi connectivity index (χ2v) is 8.52. The second-order valence-electron chi connectivity index (χ2n) is 6.58. The Hall–Kier alpha value is -1.44. The van der Waals surface area contributed by atoms with Gasteiger partial charge in [-0.3, -0.25) is 4.79 Å². The standard InChI is InChI=1S/C18H26N2O4S/c1-2-15-6-8-16(9-7-15)25(22,23)20-11-4-10-19(12-13-20)18(21)17-5-3-14-24-17/h6-9,17H,2-5,10-14H2,1H3. The highest BCUT2D eigenvalue weighted by atomic mass is 32.2. The maximum Gasteiger partial charge on any atom is 0.251 e. The highest BCUT2D eigenvalue weighted by Crippen LogP contribution is 2.20. The van der Waals surface area contributed by atoms with Crippen LogP contribution in [0.2, 0.25) is 0 Å². The summed E-state index contributed by atoms with van der Waals surface area (Å²) in [5.41, 5.74) is 1.11. The summed E-state index contributed by atoms with van der Waals surface area (Å²) in [6.07, 6.45) is 2.86. The predicted molar refractivity (Wildman–Crippen MR) is 94.7 cm³/mol. The molecule has 138 valence electrons. The van der Waals surface area contributed by atoms with Crippen molar-refractivity contribution in [2.45, 2.75) is 43.6 Å². The molecule has 0 aromatic heterocycles. The summed E-state index contributed by atoms with van der Waals surface area (Å²) >= 11 is 0. The lowest BCUT2D eigenvalue weighted by atomic mass is 10.2. The third-order valence-electron chi connectivity index (χ3n) is 4.94. The highest BCUT2D eigenvalue weighted by Gasteiger charge is 2.32. The van der Waals surface area contributed by atoms with Crippen molar-refractivity contribution in [1.82, 2.24) is 9.21 Å². The quantitative estimate of drug-likeness (QED) is 0.813. The van der Waals surface area contributed by atoms with Gasteiger partial charge in [0.25, 0.3) is 5.91 Å². The van der Waals surface area contributed by atoms with Crippen molar-refractivity contribution in [3.63, 3.8) is 0 Å². The number of rotatable bonds is 4. The highest BCUT2D eigenvalue weighted by molar-refractivity contribution is 7.89. The Morgan fingerprint density at radius 3 is 2.52 bits per heavy atom. The van der Waals surface area contributed by atoms with Gasteiger partial charge in [0, 0.05) is 32.8 Å². The van der Waals surface area contributed by atoms with Gasteiger partial charge in [0.1, 0.15) is 6.10 Å². The smallest absolute Gasteiger partial charge is 0.251 e. The minimum Gasteiger partial charge on any atom is -0.368 e. The minimum absolute atomic E-state index is 0.00375. The molecule has 2 aliphatic rings. The van der Waals surface area contributed by atoms with E-state index < -0.39 is 10.0 Å². The molecule has 2 fully saturated rings. The number of carbonyl (C=O) groups excluding carboxylic acids is 1. The number of ether oxygens (including phenoxy) is 1. The third kappa shape index (κ3) is 4.04. The molecule has 2 aliphatic heterocycles. The zero-order chi connectivity index (χ0) is 17.9. The average molecular weight is 366 g/mol. The summed E-state index contributed by atoms with van der Waals surface area (Å²) in [6.45, 7) is 4.45. The molecule has 6 nitrogen and oxygen atoms in total. The summed E-state index contributed by atoms with van der Waals surface area (Å²) in [7, 11) is -3.51. The molecular formula is C18H26N2O4S. The minimum atomic E-state index is -3.51. The number of hydrogen-bond acceptors (Lipinski definition) is 4. The molecule has 1 aromatic carbocycles. The Morgan fingerprint density at radius 2 is 1.88 bits per heavy atom. The first-order chi connectivity index (χ1) is 12.0. The summed E-state index contributed by atoms with van der Waals surface area (Å²) in [4.78, 5) is 14.6. The van der Waals surface area contributed by atoms with Crippen LogP contribution in [0.4, 0.5) is 0 Å². The Morgan fingerprint density at radius 1 is 1.12 bits per heavy atom. The van der Waals surface area contributed by atoms with Gasteiger partial charge in [-0.2, -0.15) is 4.31 Å². The van der Waals surface area contributed by atoms with Crippen molar-refractivity contribution in [1.29, 1.82) is 0 Å². The van der Waals surface area contributed by atoms with E-state index in [1.54, 1.807) is 17.0 Å². The Balaban J connectivity index is 1.67. The van der Waals surface area contributed by atoms with Gasteiger partial charge in [-0.25, -0.2) is 8.42 Å². The normalized spacial score (nSPS) is 22.8. The van der Waals surface area contributed by atoms with E-state index in [0.717, 1.165) is 24.8 Å². The molecule has 1 unspecified atom stereocenters. The zero-order valence-electron chi connectivity index (χ0n) is 14.7. The molecule has 0 spiro atoms. The molecule has 1 atom stereocenters. The van der Waals surface area contributed by atoms with Crippen LogP contribution in [0.1, 0.15) is 31.7 Å². The van der Waals surface area contributed by atoms with E-state index in [4.69, 9.17) is 4.74 Å². The van der Waals surface area contributed by atoms with Gasteiger partial charge in [-0.15, -0.1) is 0 Å². The van der Waals surface area contributed by atoms with Crippen molar-refractivity contribution in [2.24, 2.45) is 0 Å². The number of nitrogens with zero attached hydrogens (tertiary/aromatic N) is 2. The first-order valence-corrected chi connectivity index (χ1v) is 10.5. The molecule has 0 radical (unpaired) electrons. The number of sulfonamides is 1. The van der Waals surface area contributed by atoms with Gasteiger partial charge >= 0.3 is 0 Å². The van der Waals surface area contributed by atoms with Crippen molar-refractivity contribution in [3.8, 4) is 0 Å². The first kappa shape index (κ1) is 18.4. The number of benzene rings is 1. The molecule has 3 rings (SSSR count). The van der Waals surface area contributed by atoms with Crippen molar-refractivity contribution < 1.29 is 17.9 Å². The molecule has 1 amide bonds. The largest absolute Gasteiger partial charge is 0.368 e. The van der Waals surface area contributed by atoms with Crippen LogP contribution in [-0.2, 0) is 26.0 Å². The van der Waals surface area contributed by atoms with Crippen LogP contribution in [0.15, 0.2) is 29.2 Å². The van der Waals surface area contributed by atoms with Crippen molar-refractivity contribution in [2.75, 3.05) is 32.8 Å². The molecule has 0 saturated carbocycles. The predicted octanol–water partition coefficient (Wildman–Crippen LogP) is 1.65. The fourth-order valence-corrected chi connectivity index (χ4v) is 4.85. The van der Waals surface area contributed by atoms with Gasteiger partial charge < -0.3 is 9.64 Å². The fraction of sp³-hybridized carbons (Fsp3) is 0.611. The van der Waals surface area contributed by atoms with E-state index in [2.05, 4.69) is 0 Å². The molecular weight excluding hydrogens is 340 g/mol. The molecule has 0 aliphatic carbocycles. The lowest BCUT2D eigenvalue weighted by molar-refractivity contribution is -0.140. The van der Waals surface area contributed by atoms with Gasteiger partial charge in [-0.1, -0.05) is 19.1 Å². The molecule has 0 N–H and O–H groups in total. The van der Waals surface area contributed by atoms with E-state index >= 15 is 0 Å². The van der Waals surface area contributed by atoms with Crippen molar-refractivity contribution >= 4 is 15.9 Å². The van der Waals surface area contributed by atoms with Crippen LogP contribution in [0.3, 0.4) is 0 Å². The first-order valence-electron chi connectivity index (χ1n) is 9.02. The number of aryl methyl sites for hydroxylation is 1. The van der Waals surface area contributed by atoms with Crippen LogP contribution in [0.5, 0.6) is 0 Å². The van der Waals surface area contributed by atoms with Gasteiger partial charge in [0.05, 0.1) is 4.90 Å².